The van der Waals surface area contributed by atoms with E-state index in [1.807, 2.05) is 6.92 Å². The molecule has 2 heterocycles. The molecule has 0 saturated carbocycles. The highest BCUT2D eigenvalue weighted by atomic mass is 79.9. The normalized spacial score (nSPS) is 17.0. The Kier molecular flexibility index (Phi) is 6.92. The van der Waals surface area contributed by atoms with Gasteiger partial charge in [-0.05, 0) is 54.2 Å². The minimum absolute atomic E-state index is 0.0822. The maximum absolute atomic E-state index is 12.7. The Balaban J connectivity index is 1.71. The van der Waals surface area contributed by atoms with E-state index in [9.17, 15) is 14.4 Å². The van der Waals surface area contributed by atoms with Gasteiger partial charge in [0.05, 0.1) is 15.1 Å². The number of benzene rings is 1. The van der Waals surface area contributed by atoms with Crippen LogP contribution in [0.3, 0.4) is 0 Å². The smallest absolute Gasteiger partial charge is 0.271 e. The van der Waals surface area contributed by atoms with Gasteiger partial charge in [-0.3, -0.25) is 19.5 Å². The van der Waals surface area contributed by atoms with Crippen LogP contribution in [0, 0.1) is 0 Å². The minimum atomic E-state index is -0.582. The van der Waals surface area contributed by atoms with E-state index in [2.05, 4.69) is 36.8 Å². The molecule has 3 amide bonds. The van der Waals surface area contributed by atoms with Gasteiger partial charge in [0, 0.05) is 13.1 Å². The highest BCUT2D eigenvalue weighted by Crippen LogP contribution is 2.25. The largest absolute Gasteiger partial charge is 0.341 e. The van der Waals surface area contributed by atoms with Crippen molar-refractivity contribution >= 4 is 51.1 Å². The van der Waals surface area contributed by atoms with Gasteiger partial charge in [0.2, 0.25) is 5.91 Å². The molecule has 0 radical (unpaired) electrons. The van der Waals surface area contributed by atoms with Crippen molar-refractivity contribution in [2.75, 3.05) is 18.4 Å². The summed E-state index contributed by atoms with van der Waals surface area (Å²) in [6, 6.07) is 6.03. The molecule has 0 spiro atoms. The van der Waals surface area contributed by atoms with E-state index in [1.165, 1.54) is 0 Å². The number of likely N-dealkylation sites (tertiary alicyclic amines) is 1. The fourth-order valence-electron chi connectivity index (χ4n) is 3.17. The van der Waals surface area contributed by atoms with E-state index >= 15 is 0 Å². The molecule has 1 aliphatic rings. The van der Waals surface area contributed by atoms with Gasteiger partial charge in [-0.1, -0.05) is 23.7 Å². The number of nitrogens with zero attached hydrogens (tertiary/aromatic N) is 2. The third-order valence-electron chi connectivity index (χ3n) is 4.75. The summed E-state index contributed by atoms with van der Waals surface area (Å²) >= 11 is 9.33. The molecule has 0 aliphatic carbocycles. The molecule has 1 aromatic heterocycles. The number of H-pyrrole nitrogens is 1. The van der Waals surface area contributed by atoms with Crippen molar-refractivity contribution in [3.8, 4) is 0 Å². The van der Waals surface area contributed by atoms with E-state index in [0.717, 1.165) is 12.8 Å². The molecule has 0 unspecified atom stereocenters. The second-order valence-corrected chi connectivity index (χ2v) is 7.84. The lowest BCUT2D eigenvalue weighted by molar-refractivity contribution is -0.132. The predicted molar refractivity (Wildman–Crippen MR) is 113 cm³/mol. The van der Waals surface area contributed by atoms with Crippen LogP contribution in [-0.4, -0.2) is 52.0 Å². The van der Waals surface area contributed by atoms with Crippen molar-refractivity contribution in [3.63, 3.8) is 0 Å². The van der Waals surface area contributed by atoms with Gasteiger partial charge >= 0.3 is 0 Å². The van der Waals surface area contributed by atoms with Gasteiger partial charge in [0.25, 0.3) is 11.8 Å². The molecule has 1 fully saturated rings. The van der Waals surface area contributed by atoms with Gasteiger partial charge in [-0.15, -0.1) is 0 Å². The first-order valence-corrected chi connectivity index (χ1v) is 10.5. The van der Waals surface area contributed by atoms with Crippen LogP contribution in [0.5, 0.6) is 0 Å². The molecule has 3 N–H and O–H groups in total. The van der Waals surface area contributed by atoms with Crippen LogP contribution >= 0.6 is 27.5 Å². The lowest BCUT2D eigenvalue weighted by atomic mass is 10.1. The number of amides is 3. The number of aromatic nitrogens is 2. The van der Waals surface area contributed by atoms with Crippen molar-refractivity contribution in [2.24, 2.45) is 0 Å². The molecule has 3 rings (SSSR count). The number of hydrogen-bond donors (Lipinski definition) is 3. The van der Waals surface area contributed by atoms with Crippen molar-refractivity contribution in [1.82, 2.24) is 20.4 Å². The standard InChI is InChI=1S/C19H21BrClN5O3/c1-2-26-10-6-5-9-13(19(26)29)22-18(28)15-14(20)16(25-24-15)23-17(27)11-7-3-4-8-12(11)21/h3-4,7-8,13H,2,5-6,9-10H2,1H3,(H,22,28)(H2,23,24,25,27)/t13-/m1/s1. The van der Waals surface area contributed by atoms with Gasteiger partial charge in [0.1, 0.15) is 11.7 Å². The highest BCUT2D eigenvalue weighted by molar-refractivity contribution is 9.10. The molecule has 154 valence electrons. The number of carbonyl (C=O) groups is 3. The van der Waals surface area contributed by atoms with Crippen LogP contribution in [0.25, 0.3) is 0 Å². The summed E-state index contributed by atoms with van der Waals surface area (Å²) in [6.45, 7) is 3.23. The number of likely N-dealkylation sites (N-methyl/N-ethyl adjacent to an activating group) is 1. The molecule has 0 bridgehead atoms. The van der Waals surface area contributed by atoms with Crippen LogP contribution in [0.1, 0.15) is 47.0 Å². The molecule has 1 atom stereocenters. The van der Waals surface area contributed by atoms with E-state index in [1.54, 1.807) is 29.2 Å². The topological polar surface area (TPSA) is 107 Å². The quantitative estimate of drug-likeness (QED) is 0.608. The van der Waals surface area contributed by atoms with Crippen LogP contribution in [0.4, 0.5) is 5.82 Å². The minimum Gasteiger partial charge on any atom is -0.341 e. The first-order valence-electron chi connectivity index (χ1n) is 9.31. The van der Waals surface area contributed by atoms with Crippen LogP contribution < -0.4 is 10.6 Å². The summed E-state index contributed by atoms with van der Waals surface area (Å²) in [5.74, 6) is -0.852. The number of hydrogen-bond acceptors (Lipinski definition) is 4. The van der Waals surface area contributed by atoms with Gasteiger partial charge in [-0.25, -0.2) is 0 Å². The number of aromatic amines is 1. The fourth-order valence-corrected chi connectivity index (χ4v) is 3.84. The van der Waals surface area contributed by atoms with Crippen molar-refractivity contribution in [2.45, 2.75) is 32.2 Å². The Bertz CT molecular complexity index is 932. The summed E-state index contributed by atoms with van der Waals surface area (Å²) in [5.41, 5.74) is 0.415. The zero-order valence-electron chi connectivity index (χ0n) is 15.8. The Labute approximate surface area is 181 Å². The van der Waals surface area contributed by atoms with E-state index in [4.69, 9.17) is 11.6 Å². The zero-order chi connectivity index (χ0) is 21.0. The zero-order valence-corrected chi connectivity index (χ0v) is 18.1. The summed E-state index contributed by atoms with van der Waals surface area (Å²) < 4.78 is 0.295. The number of halogens is 2. The Morgan fingerprint density at radius 2 is 2.07 bits per heavy atom. The number of anilines is 1. The van der Waals surface area contributed by atoms with Crippen LogP contribution in [0.15, 0.2) is 28.7 Å². The third-order valence-corrected chi connectivity index (χ3v) is 5.85. The lowest BCUT2D eigenvalue weighted by Gasteiger charge is -2.23. The summed E-state index contributed by atoms with van der Waals surface area (Å²) in [6.07, 6.45) is 2.36. The molecule has 2 aromatic rings. The SMILES string of the molecule is CCN1CCCC[C@@H](NC(=O)c2[nH]nc(NC(=O)c3ccccc3Cl)c2Br)C1=O. The maximum Gasteiger partial charge on any atom is 0.271 e. The van der Waals surface area contributed by atoms with Crippen molar-refractivity contribution in [3.05, 3.63) is 45.0 Å². The molecule has 1 saturated heterocycles. The highest BCUT2D eigenvalue weighted by Gasteiger charge is 2.29. The molecule has 29 heavy (non-hydrogen) atoms. The molecule has 1 aromatic carbocycles. The van der Waals surface area contributed by atoms with E-state index in [0.29, 0.717) is 34.6 Å². The number of nitrogens with one attached hydrogen (secondary N) is 3. The van der Waals surface area contributed by atoms with Crippen LogP contribution in [-0.2, 0) is 4.79 Å². The van der Waals surface area contributed by atoms with Gasteiger partial charge < -0.3 is 15.5 Å². The maximum atomic E-state index is 12.7. The van der Waals surface area contributed by atoms with Gasteiger partial charge in [0.15, 0.2) is 5.82 Å². The Morgan fingerprint density at radius 1 is 1.31 bits per heavy atom. The summed E-state index contributed by atoms with van der Waals surface area (Å²) in [7, 11) is 0. The second-order valence-electron chi connectivity index (χ2n) is 6.63. The first kappa shape index (κ1) is 21.3. The average Bonchev–Trinajstić information content (AvgIpc) is 2.97. The summed E-state index contributed by atoms with van der Waals surface area (Å²) in [4.78, 5) is 39.4. The van der Waals surface area contributed by atoms with Crippen molar-refractivity contribution in [1.29, 1.82) is 0 Å². The molecule has 1 aliphatic heterocycles. The molecule has 10 heteroatoms. The van der Waals surface area contributed by atoms with Crippen molar-refractivity contribution < 1.29 is 14.4 Å². The molecular weight excluding hydrogens is 462 g/mol. The second kappa shape index (κ2) is 9.41. The fraction of sp³-hybridized carbons (Fsp3) is 0.368. The Hall–Kier alpha value is -2.39. The summed E-state index contributed by atoms with van der Waals surface area (Å²) in [5, 5.41) is 12.3. The Morgan fingerprint density at radius 3 is 2.79 bits per heavy atom. The number of rotatable bonds is 5. The lowest BCUT2D eigenvalue weighted by Crippen LogP contribution is -2.47. The monoisotopic (exact) mass is 481 g/mol. The van der Waals surface area contributed by atoms with E-state index < -0.39 is 17.9 Å². The molecular formula is C19H21BrClN5O3. The third kappa shape index (κ3) is 4.79. The molecule has 8 nitrogen and oxygen atoms in total. The van der Waals surface area contributed by atoms with E-state index in [-0.39, 0.29) is 17.4 Å². The predicted octanol–water partition coefficient (Wildman–Crippen LogP) is 3.21. The van der Waals surface area contributed by atoms with Crippen LogP contribution in [0.2, 0.25) is 5.02 Å². The number of carbonyl (C=O) groups excluding carboxylic acids is 3. The average molecular weight is 483 g/mol. The first-order chi connectivity index (χ1) is 13.9. The van der Waals surface area contributed by atoms with Gasteiger partial charge in [-0.2, -0.15) is 5.10 Å².